The summed E-state index contributed by atoms with van der Waals surface area (Å²) in [6, 6.07) is 5.89. The smallest absolute Gasteiger partial charge is 0.323 e. The van der Waals surface area contributed by atoms with Crippen LogP contribution in [0.3, 0.4) is 0 Å². The first-order chi connectivity index (χ1) is 9.81. The number of nitrogens with one attached hydrogen (secondary N) is 1. The molecule has 0 aliphatic carbocycles. The van der Waals surface area contributed by atoms with Crippen LogP contribution in [0.1, 0.15) is 32.8 Å². The lowest BCUT2D eigenvalue weighted by molar-refractivity contribution is -0.142. The van der Waals surface area contributed by atoms with Gasteiger partial charge in [0.2, 0.25) is 0 Å². The highest BCUT2D eigenvalue weighted by Crippen LogP contribution is 2.32. The van der Waals surface area contributed by atoms with Gasteiger partial charge in [-0.1, -0.05) is 26.8 Å². The van der Waals surface area contributed by atoms with E-state index in [-0.39, 0.29) is 35.9 Å². The van der Waals surface area contributed by atoms with Crippen molar-refractivity contribution in [1.29, 1.82) is 0 Å². The van der Waals surface area contributed by atoms with E-state index in [0.29, 0.717) is 13.0 Å². The van der Waals surface area contributed by atoms with Gasteiger partial charge in [0.25, 0.3) is 0 Å². The lowest BCUT2D eigenvalue weighted by atomic mass is 9.87. The molecule has 2 atom stereocenters. The van der Waals surface area contributed by atoms with Crippen molar-refractivity contribution in [3.8, 4) is 5.75 Å². The van der Waals surface area contributed by atoms with Crippen LogP contribution in [0.15, 0.2) is 22.7 Å². The molecule has 4 nitrogen and oxygen atoms in total. The molecule has 0 amide bonds. The first-order valence-corrected chi connectivity index (χ1v) is 7.88. The van der Waals surface area contributed by atoms with Gasteiger partial charge in [0.05, 0.1) is 11.6 Å². The maximum atomic E-state index is 11.5. The summed E-state index contributed by atoms with van der Waals surface area (Å²) in [7, 11) is 1.40. The molecular weight excluding hydrogens is 370 g/mol. The monoisotopic (exact) mass is 391 g/mol. The molecule has 1 N–H and O–H groups in total. The Balaban J connectivity index is 0.00000242. The molecule has 1 aliphatic heterocycles. The molecule has 0 spiro atoms. The molecule has 0 saturated carbocycles. The van der Waals surface area contributed by atoms with E-state index in [4.69, 9.17) is 9.47 Å². The van der Waals surface area contributed by atoms with Gasteiger partial charge in [0.15, 0.2) is 0 Å². The fraction of sp³-hybridized carbons (Fsp3) is 0.562. The Morgan fingerprint density at radius 1 is 1.36 bits per heavy atom. The van der Waals surface area contributed by atoms with Crippen molar-refractivity contribution in [2.45, 2.75) is 44.8 Å². The molecule has 1 heterocycles. The van der Waals surface area contributed by atoms with Crippen LogP contribution in [-0.2, 0) is 14.9 Å². The van der Waals surface area contributed by atoms with Gasteiger partial charge in [0, 0.05) is 13.0 Å². The summed E-state index contributed by atoms with van der Waals surface area (Å²) in [4.78, 5) is 11.5. The zero-order valence-electron chi connectivity index (χ0n) is 13.3. The second-order valence-electron chi connectivity index (χ2n) is 6.35. The van der Waals surface area contributed by atoms with Crippen molar-refractivity contribution < 1.29 is 14.3 Å². The molecule has 6 heteroatoms. The van der Waals surface area contributed by atoms with Crippen molar-refractivity contribution in [3.63, 3.8) is 0 Å². The van der Waals surface area contributed by atoms with Gasteiger partial charge in [-0.05, 0) is 39.0 Å². The van der Waals surface area contributed by atoms with Gasteiger partial charge in [-0.2, -0.15) is 0 Å². The highest BCUT2D eigenvalue weighted by Gasteiger charge is 2.31. The predicted molar refractivity (Wildman–Crippen MR) is 92.9 cm³/mol. The number of benzene rings is 1. The van der Waals surface area contributed by atoms with Crippen LogP contribution in [0, 0.1) is 0 Å². The molecule has 0 unspecified atom stereocenters. The van der Waals surface area contributed by atoms with E-state index in [1.54, 1.807) is 0 Å². The third-order valence-electron chi connectivity index (χ3n) is 3.67. The minimum atomic E-state index is -0.271. The Morgan fingerprint density at radius 3 is 2.59 bits per heavy atom. The minimum absolute atomic E-state index is 0. The summed E-state index contributed by atoms with van der Waals surface area (Å²) < 4.78 is 11.7. The third kappa shape index (κ3) is 4.61. The fourth-order valence-electron chi connectivity index (χ4n) is 2.36. The molecule has 1 saturated heterocycles. The van der Waals surface area contributed by atoms with Crippen LogP contribution < -0.4 is 10.1 Å². The normalized spacial score (nSPS) is 21.1. The molecule has 1 aliphatic rings. The van der Waals surface area contributed by atoms with Gasteiger partial charge < -0.3 is 14.8 Å². The van der Waals surface area contributed by atoms with E-state index in [0.717, 1.165) is 10.2 Å². The van der Waals surface area contributed by atoms with Crippen molar-refractivity contribution in [3.05, 3.63) is 28.2 Å². The lowest BCUT2D eigenvalue weighted by Crippen LogP contribution is -2.31. The van der Waals surface area contributed by atoms with Crippen LogP contribution in [0.5, 0.6) is 5.75 Å². The molecule has 1 aromatic rings. The van der Waals surface area contributed by atoms with E-state index in [2.05, 4.69) is 54.2 Å². The summed E-state index contributed by atoms with van der Waals surface area (Å²) in [5.41, 5.74) is 1.35. The minimum Gasteiger partial charge on any atom is -0.488 e. The van der Waals surface area contributed by atoms with Gasteiger partial charge in [-0.15, -0.1) is 12.4 Å². The standard InChI is InChI=1S/C16H22BrNO3.ClH/c1-16(2,3)10-5-6-14(12(17)7-10)21-11-8-13(18-9-11)15(19)20-4;/h5-7,11,13,18H,8-9H2,1-4H3;1H/t11-,13-;/m0./s1. The molecule has 22 heavy (non-hydrogen) atoms. The van der Waals surface area contributed by atoms with Crippen LogP contribution in [0.2, 0.25) is 0 Å². The van der Waals surface area contributed by atoms with Gasteiger partial charge in [-0.25, -0.2) is 0 Å². The average Bonchev–Trinajstić information content (AvgIpc) is 2.87. The lowest BCUT2D eigenvalue weighted by Gasteiger charge is -2.21. The van der Waals surface area contributed by atoms with Gasteiger partial charge >= 0.3 is 5.97 Å². The van der Waals surface area contributed by atoms with Crippen LogP contribution >= 0.6 is 28.3 Å². The van der Waals surface area contributed by atoms with E-state index >= 15 is 0 Å². The van der Waals surface area contributed by atoms with Crippen molar-refractivity contribution in [1.82, 2.24) is 5.32 Å². The van der Waals surface area contributed by atoms with Gasteiger partial charge in [-0.3, -0.25) is 4.79 Å². The van der Waals surface area contributed by atoms with E-state index in [1.165, 1.54) is 12.7 Å². The van der Waals surface area contributed by atoms with Crippen LogP contribution in [0.4, 0.5) is 0 Å². The Bertz CT molecular complexity index is 531. The molecule has 1 fully saturated rings. The number of esters is 1. The van der Waals surface area contributed by atoms with E-state index in [1.807, 2.05) is 6.07 Å². The zero-order chi connectivity index (χ0) is 15.6. The molecule has 2 rings (SSSR count). The number of carbonyl (C=O) groups is 1. The predicted octanol–water partition coefficient (Wildman–Crippen LogP) is 3.45. The van der Waals surface area contributed by atoms with Crippen LogP contribution in [0.25, 0.3) is 0 Å². The number of hydrogen-bond donors (Lipinski definition) is 1. The highest BCUT2D eigenvalue weighted by molar-refractivity contribution is 9.10. The Morgan fingerprint density at radius 2 is 2.05 bits per heavy atom. The Hall–Kier alpha value is -0.780. The summed E-state index contributed by atoms with van der Waals surface area (Å²) in [6.07, 6.45) is 0.603. The number of rotatable bonds is 3. The first-order valence-electron chi connectivity index (χ1n) is 7.09. The van der Waals surface area contributed by atoms with E-state index in [9.17, 15) is 4.79 Å². The second kappa shape index (κ2) is 7.66. The molecule has 0 radical (unpaired) electrons. The van der Waals surface area contributed by atoms with Crippen LogP contribution in [-0.4, -0.2) is 31.8 Å². The maximum Gasteiger partial charge on any atom is 0.323 e. The number of carbonyl (C=O) groups excluding carboxylic acids is 1. The van der Waals surface area contributed by atoms with Crippen molar-refractivity contribution in [2.24, 2.45) is 0 Å². The van der Waals surface area contributed by atoms with Gasteiger partial charge in [0.1, 0.15) is 17.9 Å². The Labute approximate surface area is 146 Å². The summed E-state index contributed by atoms with van der Waals surface area (Å²) in [5, 5.41) is 3.12. The molecule has 0 aromatic heterocycles. The number of halogens is 2. The summed E-state index contributed by atoms with van der Waals surface area (Å²) in [5.74, 6) is 0.573. The average molecular weight is 393 g/mol. The van der Waals surface area contributed by atoms with Crippen molar-refractivity contribution >= 4 is 34.3 Å². The number of methoxy groups -OCH3 is 1. The molecule has 1 aromatic carbocycles. The second-order valence-corrected chi connectivity index (χ2v) is 7.21. The van der Waals surface area contributed by atoms with Crippen molar-refractivity contribution in [2.75, 3.05) is 13.7 Å². The summed E-state index contributed by atoms with van der Waals surface area (Å²) in [6.45, 7) is 7.18. The fourth-order valence-corrected chi connectivity index (χ4v) is 2.83. The largest absolute Gasteiger partial charge is 0.488 e. The molecular formula is C16H23BrClNO3. The molecule has 124 valence electrons. The first kappa shape index (κ1) is 19.3. The SMILES string of the molecule is COC(=O)[C@@H]1C[C@H](Oc2ccc(C(C)(C)C)cc2Br)CN1.Cl. The topological polar surface area (TPSA) is 47.6 Å². The zero-order valence-corrected chi connectivity index (χ0v) is 15.7. The maximum absolute atomic E-state index is 11.5. The Kier molecular flexibility index (Phi) is 6.71. The number of hydrogen-bond acceptors (Lipinski definition) is 4. The molecule has 0 bridgehead atoms. The number of ether oxygens (including phenoxy) is 2. The summed E-state index contributed by atoms with van der Waals surface area (Å²) >= 11 is 3.57. The van der Waals surface area contributed by atoms with E-state index < -0.39 is 0 Å². The third-order valence-corrected chi connectivity index (χ3v) is 4.29. The highest BCUT2D eigenvalue weighted by atomic mass is 79.9. The quantitative estimate of drug-likeness (QED) is 0.800.